The number of hydrogen-bond acceptors (Lipinski definition) is 2. The molecule has 0 radical (unpaired) electrons. The van der Waals surface area contributed by atoms with Gasteiger partial charge in [-0.05, 0) is 25.7 Å². The number of aromatic nitrogens is 2. The number of rotatable bonds is 5. The third-order valence-electron chi connectivity index (χ3n) is 2.93. The first-order valence-electron chi connectivity index (χ1n) is 6.10. The fourth-order valence-electron chi connectivity index (χ4n) is 1.99. The molecular formula is C12H23N3O. The zero-order chi connectivity index (χ0) is 12.3. The van der Waals surface area contributed by atoms with Gasteiger partial charge in [-0.25, -0.2) is 4.68 Å². The standard InChI is InChI=1S/C12H23N3O/c1-5-10-11(13)12(16)15(14(10)6-2)8-7-9(3)4/h9H,5-8,13H2,1-4H3. The minimum absolute atomic E-state index is 0.0284. The summed E-state index contributed by atoms with van der Waals surface area (Å²) in [4.78, 5) is 12.0. The zero-order valence-corrected chi connectivity index (χ0v) is 10.8. The summed E-state index contributed by atoms with van der Waals surface area (Å²) in [5.74, 6) is 0.596. The van der Waals surface area contributed by atoms with Crippen LogP contribution in [0.1, 0.15) is 39.8 Å². The van der Waals surface area contributed by atoms with Gasteiger partial charge in [0.25, 0.3) is 5.56 Å². The topological polar surface area (TPSA) is 53.0 Å². The summed E-state index contributed by atoms with van der Waals surface area (Å²) in [5, 5.41) is 0. The Morgan fingerprint density at radius 1 is 1.25 bits per heavy atom. The Bertz CT molecular complexity index is 401. The molecule has 1 heterocycles. The van der Waals surface area contributed by atoms with E-state index in [9.17, 15) is 4.79 Å². The highest BCUT2D eigenvalue weighted by Gasteiger charge is 2.14. The molecule has 0 aromatic carbocycles. The fourth-order valence-corrected chi connectivity index (χ4v) is 1.99. The SMILES string of the molecule is CCc1c(N)c(=O)n(CCC(C)C)n1CC. The Morgan fingerprint density at radius 2 is 1.88 bits per heavy atom. The van der Waals surface area contributed by atoms with E-state index < -0.39 is 0 Å². The van der Waals surface area contributed by atoms with Gasteiger partial charge in [0.05, 0.1) is 5.69 Å². The Hall–Kier alpha value is -1.19. The second-order valence-corrected chi connectivity index (χ2v) is 4.54. The Kier molecular flexibility index (Phi) is 4.21. The molecular weight excluding hydrogens is 202 g/mol. The van der Waals surface area contributed by atoms with Gasteiger partial charge in [0.1, 0.15) is 5.69 Å². The number of nitrogens with zero attached hydrogens (tertiary/aromatic N) is 2. The van der Waals surface area contributed by atoms with Crippen LogP contribution in [0.2, 0.25) is 0 Å². The average molecular weight is 225 g/mol. The van der Waals surface area contributed by atoms with Crippen molar-refractivity contribution in [2.24, 2.45) is 5.92 Å². The number of hydrogen-bond donors (Lipinski definition) is 1. The van der Waals surface area contributed by atoms with Gasteiger partial charge in [-0.2, -0.15) is 0 Å². The lowest BCUT2D eigenvalue weighted by Crippen LogP contribution is -2.24. The second kappa shape index (κ2) is 5.23. The van der Waals surface area contributed by atoms with Crippen LogP contribution in [0.25, 0.3) is 0 Å². The van der Waals surface area contributed by atoms with Gasteiger partial charge < -0.3 is 5.73 Å². The van der Waals surface area contributed by atoms with E-state index in [-0.39, 0.29) is 5.56 Å². The van der Waals surface area contributed by atoms with E-state index in [0.29, 0.717) is 11.6 Å². The molecule has 4 nitrogen and oxygen atoms in total. The molecule has 0 fully saturated rings. The van der Waals surface area contributed by atoms with Crippen LogP contribution in [0.3, 0.4) is 0 Å². The van der Waals surface area contributed by atoms with Crippen molar-refractivity contribution >= 4 is 5.69 Å². The lowest BCUT2D eigenvalue weighted by Gasteiger charge is -2.13. The molecule has 0 amide bonds. The summed E-state index contributed by atoms with van der Waals surface area (Å²) in [6.07, 6.45) is 1.82. The lowest BCUT2D eigenvalue weighted by atomic mass is 10.1. The predicted molar refractivity (Wildman–Crippen MR) is 67.6 cm³/mol. The molecule has 0 atom stereocenters. The van der Waals surface area contributed by atoms with Gasteiger partial charge >= 0.3 is 0 Å². The first-order valence-corrected chi connectivity index (χ1v) is 6.10. The largest absolute Gasteiger partial charge is 0.393 e. The van der Waals surface area contributed by atoms with Crippen molar-refractivity contribution in [1.82, 2.24) is 9.36 Å². The van der Waals surface area contributed by atoms with Crippen molar-refractivity contribution in [1.29, 1.82) is 0 Å². The first-order chi connectivity index (χ1) is 7.52. The highest BCUT2D eigenvalue weighted by molar-refractivity contribution is 5.41. The summed E-state index contributed by atoms with van der Waals surface area (Å²) in [6, 6.07) is 0. The first kappa shape index (κ1) is 12.9. The maximum atomic E-state index is 12.0. The molecule has 92 valence electrons. The van der Waals surface area contributed by atoms with Crippen LogP contribution in [-0.2, 0) is 19.5 Å². The number of anilines is 1. The minimum atomic E-state index is -0.0284. The van der Waals surface area contributed by atoms with Crippen molar-refractivity contribution in [2.45, 2.75) is 53.6 Å². The summed E-state index contributed by atoms with van der Waals surface area (Å²) >= 11 is 0. The lowest BCUT2D eigenvalue weighted by molar-refractivity contribution is 0.402. The van der Waals surface area contributed by atoms with E-state index in [1.807, 2.05) is 18.5 Å². The molecule has 0 unspecified atom stereocenters. The Labute approximate surface area is 97.0 Å². The molecule has 1 aromatic rings. The third kappa shape index (κ3) is 2.31. The molecule has 1 aromatic heterocycles. The second-order valence-electron chi connectivity index (χ2n) is 4.54. The van der Waals surface area contributed by atoms with Gasteiger partial charge in [-0.3, -0.25) is 9.48 Å². The van der Waals surface area contributed by atoms with Crippen molar-refractivity contribution < 1.29 is 0 Å². The van der Waals surface area contributed by atoms with Gasteiger partial charge in [0.15, 0.2) is 0 Å². The molecule has 0 saturated heterocycles. The van der Waals surface area contributed by atoms with Crippen LogP contribution < -0.4 is 11.3 Å². The summed E-state index contributed by atoms with van der Waals surface area (Å²) in [7, 11) is 0. The van der Waals surface area contributed by atoms with E-state index >= 15 is 0 Å². The molecule has 0 aliphatic heterocycles. The van der Waals surface area contributed by atoms with Crippen LogP contribution in [0.4, 0.5) is 5.69 Å². The maximum absolute atomic E-state index is 12.0. The van der Waals surface area contributed by atoms with Crippen molar-refractivity contribution in [3.05, 3.63) is 16.0 Å². The summed E-state index contributed by atoms with van der Waals surface area (Å²) in [6.45, 7) is 9.96. The van der Waals surface area contributed by atoms with Crippen LogP contribution in [0.5, 0.6) is 0 Å². The zero-order valence-electron chi connectivity index (χ0n) is 10.8. The smallest absolute Gasteiger partial charge is 0.290 e. The van der Waals surface area contributed by atoms with E-state index in [0.717, 1.165) is 31.6 Å². The highest BCUT2D eigenvalue weighted by atomic mass is 16.1. The van der Waals surface area contributed by atoms with Crippen LogP contribution in [-0.4, -0.2) is 9.36 Å². The van der Waals surface area contributed by atoms with Crippen molar-refractivity contribution in [3.8, 4) is 0 Å². The van der Waals surface area contributed by atoms with Crippen molar-refractivity contribution in [2.75, 3.05) is 5.73 Å². The van der Waals surface area contributed by atoms with Crippen LogP contribution >= 0.6 is 0 Å². The highest BCUT2D eigenvalue weighted by Crippen LogP contribution is 2.11. The molecule has 4 heteroatoms. The molecule has 1 rings (SSSR count). The summed E-state index contributed by atoms with van der Waals surface area (Å²) < 4.78 is 3.80. The van der Waals surface area contributed by atoms with Gasteiger partial charge in [0, 0.05) is 13.1 Å². The van der Waals surface area contributed by atoms with E-state index in [2.05, 4.69) is 13.8 Å². The Morgan fingerprint density at radius 3 is 2.31 bits per heavy atom. The van der Waals surface area contributed by atoms with Gasteiger partial charge in [-0.15, -0.1) is 0 Å². The third-order valence-corrected chi connectivity index (χ3v) is 2.93. The quantitative estimate of drug-likeness (QED) is 0.831. The minimum Gasteiger partial charge on any atom is -0.393 e. The molecule has 0 spiro atoms. The molecule has 16 heavy (non-hydrogen) atoms. The molecule has 2 N–H and O–H groups in total. The van der Waals surface area contributed by atoms with Crippen molar-refractivity contribution in [3.63, 3.8) is 0 Å². The van der Waals surface area contributed by atoms with Crippen LogP contribution in [0.15, 0.2) is 4.79 Å². The molecule has 0 aliphatic carbocycles. The average Bonchev–Trinajstić information content (AvgIpc) is 2.48. The fraction of sp³-hybridized carbons (Fsp3) is 0.750. The van der Waals surface area contributed by atoms with Gasteiger partial charge in [0.2, 0.25) is 0 Å². The van der Waals surface area contributed by atoms with E-state index in [1.54, 1.807) is 4.68 Å². The number of nitrogens with two attached hydrogens (primary N) is 1. The van der Waals surface area contributed by atoms with E-state index in [4.69, 9.17) is 5.73 Å². The number of nitrogen functional groups attached to an aromatic ring is 1. The maximum Gasteiger partial charge on any atom is 0.290 e. The Balaban J connectivity index is 3.11. The monoisotopic (exact) mass is 225 g/mol. The van der Waals surface area contributed by atoms with Crippen LogP contribution in [0, 0.1) is 5.92 Å². The molecule has 0 saturated carbocycles. The predicted octanol–water partition coefficient (Wildman–Crippen LogP) is 1.86. The normalized spacial score (nSPS) is 11.3. The molecule has 0 aliphatic rings. The van der Waals surface area contributed by atoms with Gasteiger partial charge in [-0.1, -0.05) is 20.8 Å². The summed E-state index contributed by atoms with van der Waals surface area (Å²) in [5.41, 5.74) is 7.21. The van der Waals surface area contributed by atoms with E-state index in [1.165, 1.54) is 0 Å². The molecule has 0 bridgehead atoms.